The first kappa shape index (κ1) is 29.5. The van der Waals surface area contributed by atoms with Gasteiger partial charge < -0.3 is 10.0 Å². The first-order valence-corrected chi connectivity index (χ1v) is 11.1. The van der Waals surface area contributed by atoms with Gasteiger partial charge in [-0.1, -0.05) is 39.5 Å². The first-order valence-electron chi connectivity index (χ1n) is 10.1. The van der Waals surface area contributed by atoms with Crippen LogP contribution in [-0.2, 0) is 11.0 Å². The molecule has 1 fully saturated rings. The second-order valence-corrected chi connectivity index (χ2v) is 9.28. The van der Waals surface area contributed by atoms with Gasteiger partial charge in [0.1, 0.15) is 0 Å². The van der Waals surface area contributed by atoms with Crippen LogP contribution in [-0.4, -0.2) is 50.6 Å². The van der Waals surface area contributed by atoms with Gasteiger partial charge in [0, 0.05) is 30.5 Å². The molecule has 1 N–H and O–H groups in total. The Bertz CT molecular complexity index is 903. The lowest BCUT2D eigenvalue weighted by molar-refractivity contribution is -0.385. The van der Waals surface area contributed by atoms with E-state index in [1.807, 2.05) is 0 Å². The van der Waals surface area contributed by atoms with E-state index in [1.165, 1.54) is 11.8 Å². The highest BCUT2D eigenvalue weighted by Gasteiger charge is 2.38. The van der Waals surface area contributed by atoms with E-state index in [0.717, 1.165) is 24.3 Å². The van der Waals surface area contributed by atoms with Crippen molar-refractivity contribution in [1.82, 2.24) is 4.90 Å². The third-order valence-electron chi connectivity index (χ3n) is 4.35. The van der Waals surface area contributed by atoms with Gasteiger partial charge in [-0.3, -0.25) is 10.1 Å². The number of thioether (sulfide) groups is 1. The van der Waals surface area contributed by atoms with Crippen LogP contribution in [0.2, 0.25) is 0 Å². The molecule has 0 amide bonds. The summed E-state index contributed by atoms with van der Waals surface area (Å²) < 4.78 is 72.0. The number of nitrogens with zero attached hydrogens (tertiary/aromatic N) is 3. The summed E-state index contributed by atoms with van der Waals surface area (Å²) in [6.07, 6.45) is -8.86. The lowest BCUT2D eigenvalue weighted by atomic mass is 10.0. The van der Waals surface area contributed by atoms with E-state index in [1.54, 1.807) is 0 Å². The van der Waals surface area contributed by atoms with Crippen LogP contribution in [0.15, 0.2) is 23.2 Å². The van der Waals surface area contributed by atoms with Gasteiger partial charge in [0.25, 0.3) is 5.69 Å². The molecule has 0 aromatic heterocycles. The number of non-ortho nitro benzene ring substituents is 1. The quantitative estimate of drug-likeness (QED) is 0.268. The summed E-state index contributed by atoms with van der Waals surface area (Å²) in [6.45, 7) is 9.05. The summed E-state index contributed by atoms with van der Waals surface area (Å²) in [5, 5.41) is 18.5. The number of alkyl halides is 6. The number of halogens is 6. The summed E-state index contributed by atoms with van der Waals surface area (Å²) in [5.74, 6) is -1.18. The highest BCUT2D eigenvalue weighted by Crippen LogP contribution is 2.40. The summed E-state index contributed by atoms with van der Waals surface area (Å²) in [7, 11) is 0. The molecule has 1 aromatic rings. The van der Waals surface area contributed by atoms with Crippen molar-refractivity contribution in [2.45, 2.75) is 52.5 Å². The van der Waals surface area contributed by atoms with Crippen molar-refractivity contribution in [1.29, 1.82) is 0 Å². The van der Waals surface area contributed by atoms with Crippen molar-refractivity contribution in [2.24, 2.45) is 16.8 Å². The molecule has 1 aliphatic rings. The Morgan fingerprint density at radius 3 is 2.18 bits per heavy atom. The molecule has 1 unspecified atom stereocenters. The van der Waals surface area contributed by atoms with Crippen LogP contribution in [0.25, 0.3) is 0 Å². The average molecular weight is 517 g/mol. The van der Waals surface area contributed by atoms with E-state index in [2.05, 4.69) is 37.6 Å². The van der Waals surface area contributed by atoms with Crippen molar-refractivity contribution in [3.8, 4) is 0 Å². The summed E-state index contributed by atoms with van der Waals surface area (Å²) in [6, 6.07) is 2.92. The molecule has 1 aliphatic heterocycles. The van der Waals surface area contributed by atoms with Crippen molar-refractivity contribution in [2.75, 3.05) is 12.3 Å². The smallest absolute Gasteiger partial charge is 0.475 e. The van der Waals surface area contributed by atoms with Gasteiger partial charge in [-0.05, 0) is 24.3 Å². The molecular formula is C20H25F6N3O4S. The Morgan fingerprint density at radius 1 is 1.21 bits per heavy atom. The second-order valence-electron chi connectivity index (χ2n) is 8.29. The standard InChI is InChI=1S/C18H24F3N3O2S.C2HF3O2/c1-11(2)7-14-10-27-17(23(14)9-12(3)4)22-16-6-5-13(24(25)26)8-15(16)18(19,20)21;3-2(4,5)1(6)7/h5-6,8,11-12,14H,7,9-10H2,1-4H3;(H,6,7)/b22-17-;. The number of carbonyl (C=O) groups is 1. The number of hydrogen-bond acceptors (Lipinski definition) is 5. The number of hydrogen-bond donors (Lipinski definition) is 1. The maximum atomic E-state index is 13.4. The highest BCUT2D eigenvalue weighted by atomic mass is 32.2. The van der Waals surface area contributed by atoms with E-state index in [0.29, 0.717) is 29.6 Å². The molecule has 1 heterocycles. The normalized spacial score (nSPS) is 17.8. The number of nitro benzene ring substituents is 1. The number of aliphatic imine (C=N–C) groups is 1. The first-order chi connectivity index (χ1) is 15.4. The molecule has 0 spiro atoms. The number of rotatable bonds is 6. The van der Waals surface area contributed by atoms with Crippen LogP contribution in [0.1, 0.15) is 39.7 Å². The molecule has 0 radical (unpaired) electrons. The maximum Gasteiger partial charge on any atom is 0.490 e. The number of amidine groups is 1. The highest BCUT2D eigenvalue weighted by molar-refractivity contribution is 8.14. The van der Waals surface area contributed by atoms with Crippen LogP contribution >= 0.6 is 11.8 Å². The van der Waals surface area contributed by atoms with Crippen LogP contribution in [0, 0.1) is 22.0 Å². The van der Waals surface area contributed by atoms with E-state index in [4.69, 9.17) is 9.90 Å². The molecule has 2 rings (SSSR count). The maximum absolute atomic E-state index is 13.4. The Kier molecular flexibility index (Phi) is 10.2. The minimum Gasteiger partial charge on any atom is -0.475 e. The van der Waals surface area contributed by atoms with Gasteiger partial charge in [-0.25, -0.2) is 9.79 Å². The van der Waals surface area contributed by atoms with Crippen molar-refractivity contribution < 1.29 is 41.2 Å². The molecule has 1 aromatic carbocycles. The van der Waals surface area contributed by atoms with E-state index < -0.39 is 34.5 Å². The molecule has 14 heteroatoms. The predicted molar refractivity (Wildman–Crippen MR) is 116 cm³/mol. The Labute approximate surface area is 196 Å². The largest absolute Gasteiger partial charge is 0.490 e. The zero-order valence-corrected chi connectivity index (χ0v) is 19.6. The summed E-state index contributed by atoms with van der Waals surface area (Å²) in [5.41, 5.74) is -1.96. The van der Waals surface area contributed by atoms with E-state index in [-0.39, 0.29) is 11.7 Å². The zero-order chi connectivity index (χ0) is 26.4. The second kappa shape index (κ2) is 11.8. The molecule has 0 saturated carbocycles. The topological polar surface area (TPSA) is 96.0 Å². The van der Waals surface area contributed by atoms with Gasteiger partial charge in [-0.15, -0.1) is 0 Å². The third kappa shape index (κ3) is 9.03. The fraction of sp³-hybridized carbons (Fsp3) is 0.600. The Hall–Kier alpha value is -2.51. The predicted octanol–water partition coefficient (Wildman–Crippen LogP) is 6.35. The fourth-order valence-corrected chi connectivity index (χ4v) is 4.23. The number of benzene rings is 1. The minimum atomic E-state index is -5.08. The van der Waals surface area contributed by atoms with Crippen molar-refractivity contribution in [3.63, 3.8) is 0 Å². The molecule has 1 atom stereocenters. The number of nitro groups is 1. The average Bonchev–Trinajstić information content (AvgIpc) is 3.00. The SMILES string of the molecule is CC(C)CC1CS/C(=N\c2ccc([N+](=O)[O-])cc2C(F)(F)F)N1CC(C)C.O=C(O)C(F)(F)F. The van der Waals surface area contributed by atoms with Crippen LogP contribution in [0.3, 0.4) is 0 Å². The van der Waals surface area contributed by atoms with Crippen LogP contribution < -0.4 is 0 Å². The van der Waals surface area contributed by atoms with Crippen LogP contribution in [0.5, 0.6) is 0 Å². The molecular weight excluding hydrogens is 492 g/mol. The Balaban J connectivity index is 0.000000718. The minimum absolute atomic E-state index is 0.225. The van der Waals surface area contributed by atoms with Gasteiger partial charge in [0.2, 0.25) is 0 Å². The lowest BCUT2D eigenvalue weighted by Crippen LogP contribution is -2.37. The molecule has 0 bridgehead atoms. The van der Waals surface area contributed by atoms with Gasteiger partial charge >= 0.3 is 18.3 Å². The third-order valence-corrected chi connectivity index (χ3v) is 5.49. The molecule has 34 heavy (non-hydrogen) atoms. The van der Waals surface area contributed by atoms with Crippen LogP contribution in [0.4, 0.5) is 37.7 Å². The van der Waals surface area contributed by atoms with Gasteiger partial charge in [0.15, 0.2) is 5.17 Å². The van der Waals surface area contributed by atoms with Crippen molar-refractivity contribution in [3.05, 3.63) is 33.9 Å². The monoisotopic (exact) mass is 517 g/mol. The fourth-order valence-electron chi connectivity index (χ4n) is 3.02. The Morgan fingerprint density at radius 2 is 1.76 bits per heavy atom. The zero-order valence-electron chi connectivity index (χ0n) is 18.8. The molecule has 1 saturated heterocycles. The van der Waals surface area contributed by atoms with Crippen molar-refractivity contribution >= 4 is 34.3 Å². The van der Waals surface area contributed by atoms with Gasteiger partial charge in [0.05, 0.1) is 16.2 Å². The lowest BCUT2D eigenvalue weighted by Gasteiger charge is -2.29. The molecule has 7 nitrogen and oxygen atoms in total. The molecule has 192 valence electrons. The van der Waals surface area contributed by atoms with E-state index >= 15 is 0 Å². The van der Waals surface area contributed by atoms with E-state index in [9.17, 15) is 36.5 Å². The summed E-state index contributed by atoms with van der Waals surface area (Å²) in [4.78, 5) is 25.3. The molecule has 0 aliphatic carbocycles. The number of carboxylic acids is 1. The number of carboxylic acid groups (broad SMARTS) is 1. The number of aliphatic carboxylic acids is 1. The van der Waals surface area contributed by atoms with Gasteiger partial charge in [-0.2, -0.15) is 26.3 Å². The summed E-state index contributed by atoms with van der Waals surface area (Å²) >= 11 is 1.44.